The lowest BCUT2D eigenvalue weighted by atomic mass is 9.98. The molecule has 5 aromatic rings. The molecule has 0 fully saturated rings. The third-order valence-corrected chi connectivity index (χ3v) is 5.50. The van der Waals surface area contributed by atoms with Crippen molar-refractivity contribution < 1.29 is 9.52 Å². The third-order valence-electron chi connectivity index (χ3n) is 5.50. The van der Waals surface area contributed by atoms with Crippen molar-refractivity contribution in [2.75, 3.05) is 0 Å². The molecule has 0 aliphatic carbocycles. The van der Waals surface area contributed by atoms with Gasteiger partial charge in [0.25, 0.3) is 5.56 Å². The van der Waals surface area contributed by atoms with E-state index >= 15 is 0 Å². The Hall–Kier alpha value is -4.04. The fraction of sp³-hybridized carbons (Fsp3) is 0.130. The van der Waals surface area contributed by atoms with Gasteiger partial charge in [-0.05, 0) is 22.4 Å². The van der Waals surface area contributed by atoms with Gasteiger partial charge in [-0.2, -0.15) is 0 Å². The Labute approximate surface area is 174 Å². The van der Waals surface area contributed by atoms with Crippen LogP contribution in [0.3, 0.4) is 0 Å². The highest BCUT2D eigenvalue weighted by atomic mass is 16.4. The van der Waals surface area contributed by atoms with Gasteiger partial charge in [0.15, 0.2) is 16.7 Å². The summed E-state index contributed by atoms with van der Waals surface area (Å²) in [5.74, 6) is 0.0577. The summed E-state index contributed by atoms with van der Waals surface area (Å²) in [6, 6.07) is 14.5. The van der Waals surface area contributed by atoms with Crippen LogP contribution in [0.1, 0.15) is 5.76 Å². The van der Waals surface area contributed by atoms with Gasteiger partial charge in [0.1, 0.15) is 12.4 Å². The summed E-state index contributed by atoms with van der Waals surface area (Å²) in [5, 5.41) is 11.6. The molecule has 8 nitrogen and oxygen atoms in total. The zero-order chi connectivity index (χ0) is 21.9. The summed E-state index contributed by atoms with van der Waals surface area (Å²) < 4.78 is 8.05. The standard InChI is InChI=1S/C23H17N3O5/c1-25-21-18(22(29)26(2)23(25)30)17(14-8-7-12-5-3-4-6-13(12)9-14)20-19(24-21)16(28)10-15(11-27)31-20/h3-10,27H,11H2,1-2H3. The molecule has 0 aliphatic rings. The van der Waals surface area contributed by atoms with Gasteiger partial charge in [0, 0.05) is 25.7 Å². The van der Waals surface area contributed by atoms with E-state index < -0.39 is 23.3 Å². The maximum atomic E-state index is 13.2. The minimum absolute atomic E-state index is 0.0175. The Morgan fingerprint density at radius 3 is 2.45 bits per heavy atom. The quantitative estimate of drug-likeness (QED) is 0.442. The molecule has 0 atom stereocenters. The van der Waals surface area contributed by atoms with Gasteiger partial charge in [-0.25, -0.2) is 9.78 Å². The molecule has 154 valence electrons. The molecular weight excluding hydrogens is 398 g/mol. The van der Waals surface area contributed by atoms with E-state index in [-0.39, 0.29) is 27.9 Å². The summed E-state index contributed by atoms with van der Waals surface area (Å²) in [6.07, 6.45) is 0. The lowest BCUT2D eigenvalue weighted by molar-refractivity contribution is 0.249. The molecule has 3 heterocycles. The average Bonchev–Trinajstić information content (AvgIpc) is 2.79. The summed E-state index contributed by atoms with van der Waals surface area (Å²) in [7, 11) is 2.88. The zero-order valence-electron chi connectivity index (χ0n) is 16.7. The molecule has 31 heavy (non-hydrogen) atoms. The van der Waals surface area contributed by atoms with Crippen LogP contribution in [0.15, 0.2) is 67.3 Å². The lowest BCUT2D eigenvalue weighted by Crippen LogP contribution is -2.37. The largest absolute Gasteiger partial charge is 0.456 e. The van der Waals surface area contributed by atoms with Crippen LogP contribution in [0.25, 0.3) is 44.0 Å². The molecule has 0 saturated carbocycles. The van der Waals surface area contributed by atoms with Crippen molar-refractivity contribution in [3.8, 4) is 11.1 Å². The van der Waals surface area contributed by atoms with Crippen LogP contribution in [-0.4, -0.2) is 19.2 Å². The summed E-state index contributed by atoms with van der Waals surface area (Å²) in [6.45, 7) is -0.480. The van der Waals surface area contributed by atoms with Crippen LogP contribution in [0.2, 0.25) is 0 Å². The second-order valence-electron chi connectivity index (χ2n) is 7.37. The van der Waals surface area contributed by atoms with E-state index in [1.165, 1.54) is 18.7 Å². The van der Waals surface area contributed by atoms with Gasteiger partial charge >= 0.3 is 5.69 Å². The second kappa shape index (κ2) is 6.75. The van der Waals surface area contributed by atoms with Crippen LogP contribution >= 0.6 is 0 Å². The third kappa shape index (κ3) is 2.72. The number of aromatic nitrogens is 3. The van der Waals surface area contributed by atoms with Crippen molar-refractivity contribution in [3.05, 3.63) is 85.4 Å². The molecule has 0 saturated heterocycles. The van der Waals surface area contributed by atoms with Crippen LogP contribution < -0.4 is 16.7 Å². The Morgan fingerprint density at radius 2 is 1.71 bits per heavy atom. The van der Waals surface area contributed by atoms with Gasteiger partial charge in [-0.15, -0.1) is 0 Å². The number of aliphatic hydroxyl groups is 1. The van der Waals surface area contributed by atoms with E-state index in [0.29, 0.717) is 11.1 Å². The van der Waals surface area contributed by atoms with E-state index in [1.54, 1.807) is 0 Å². The van der Waals surface area contributed by atoms with E-state index in [1.807, 2.05) is 42.5 Å². The number of aryl methyl sites for hydroxylation is 1. The van der Waals surface area contributed by atoms with Crippen LogP contribution in [0.5, 0.6) is 0 Å². The van der Waals surface area contributed by atoms with E-state index in [2.05, 4.69) is 4.98 Å². The number of hydrogen-bond acceptors (Lipinski definition) is 6. The highest BCUT2D eigenvalue weighted by Gasteiger charge is 2.22. The Morgan fingerprint density at radius 1 is 0.968 bits per heavy atom. The maximum Gasteiger partial charge on any atom is 0.332 e. The molecule has 1 N–H and O–H groups in total. The van der Waals surface area contributed by atoms with Gasteiger partial charge in [-0.1, -0.05) is 36.4 Å². The number of hydrogen-bond donors (Lipinski definition) is 1. The number of nitrogens with zero attached hydrogens (tertiary/aromatic N) is 3. The predicted octanol–water partition coefficient (Wildman–Crippen LogP) is 2.05. The van der Waals surface area contributed by atoms with Crippen molar-refractivity contribution >= 4 is 32.9 Å². The SMILES string of the molecule is Cn1c(=O)c2c(-c3ccc4ccccc4c3)c3oc(CO)cc(=O)c3nc2n(C)c1=O. The minimum atomic E-state index is -0.551. The first-order valence-corrected chi connectivity index (χ1v) is 9.57. The van der Waals surface area contributed by atoms with E-state index in [0.717, 1.165) is 21.4 Å². The average molecular weight is 415 g/mol. The number of benzene rings is 2. The Balaban J connectivity index is 2.09. The van der Waals surface area contributed by atoms with Crippen LogP contribution in [0.4, 0.5) is 0 Å². The van der Waals surface area contributed by atoms with E-state index in [9.17, 15) is 19.5 Å². The Kier molecular flexibility index (Phi) is 4.13. The smallest absolute Gasteiger partial charge is 0.332 e. The fourth-order valence-electron chi connectivity index (χ4n) is 3.91. The number of aliphatic hydroxyl groups excluding tert-OH is 1. The molecule has 0 spiro atoms. The number of rotatable bonds is 2. The molecule has 2 aromatic carbocycles. The zero-order valence-corrected chi connectivity index (χ0v) is 16.7. The molecule has 0 bridgehead atoms. The van der Waals surface area contributed by atoms with Gasteiger partial charge < -0.3 is 9.52 Å². The van der Waals surface area contributed by atoms with Crippen molar-refractivity contribution in [1.82, 2.24) is 14.1 Å². The van der Waals surface area contributed by atoms with E-state index in [4.69, 9.17) is 4.42 Å². The van der Waals surface area contributed by atoms with Crippen LogP contribution in [0, 0.1) is 0 Å². The second-order valence-corrected chi connectivity index (χ2v) is 7.37. The highest BCUT2D eigenvalue weighted by molar-refractivity contribution is 6.07. The van der Waals surface area contributed by atoms with Crippen molar-refractivity contribution in [1.29, 1.82) is 0 Å². The van der Waals surface area contributed by atoms with Gasteiger partial charge in [0.05, 0.1) is 5.39 Å². The van der Waals surface area contributed by atoms with Crippen molar-refractivity contribution in [2.45, 2.75) is 6.61 Å². The summed E-state index contributed by atoms with van der Waals surface area (Å²) in [4.78, 5) is 42.7. The molecule has 0 unspecified atom stereocenters. The Bertz CT molecular complexity index is 1710. The van der Waals surface area contributed by atoms with Crippen LogP contribution in [-0.2, 0) is 20.7 Å². The predicted molar refractivity (Wildman–Crippen MR) is 117 cm³/mol. The summed E-state index contributed by atoms with van der Waals surface area (Å²) >= 11 is 0. The molecule has 0 radical (unpaired) electrons. The normalized spacial score (nSPS) is 11.6. The lowest BCUT2D eigenvalue weighted by Gasteiger charge is -2.14. The van der Waals surface area contributed by atoms with Gasteiger partial charge in [-0.3, -0.25) is 18.7 Å². The number of pyridine rings is 1. The molecule has 3 aromatic heterocycles. The van der Waals surface area contributed by atoms with Crippen molar-refractivity contribution in [3.63, 3.8) is 0 Å². The monoisotopic (exact) mass is 415 g/mol. The summed E-state index contributed by atoms with van der Waals surface area (Å²) in [5.41, 5.74) is -0.418. The molecule has 8 heteroatoms. The highest BCUT2D eigenvalue weighted by Crippen LogP contribution is 2.34. The molecule has 0 amide bonds. The first kappa shape index (κ1) is 19.0. The first-order valence-electron chi connectivity index (χ1n) is 9.57. The van der Waals surface area contributed by atoms with Gasteiger partial charge in [0.2, 0.25) is 5.43 Å². The molecule has 0 aliphatic heterocycles. The topological polar surface area (TPSA) is 107 Å². The fourth-order valence-corrected chi connectivity index (χ4v) is 3.91. The molecule has 5 rings (SSSR count). The molecular formula is C23H17N3O5. The maximum absolute atomic E-state index is 13.2. The number of fused-ring (bicyclic) bond motifs is 3. The minimum Gasteiger partial charge on any atom is -0.456 e. The van der Waals surface area contributed by atoms with Crippen molar-refractivity contribution in [2.24, 2.45) is 14.1 Å². The first-order chi connectivity index (χ1) is 14.9.